The fraction of sp³-hybridized carbons (Fsp3) is 0.714. The summed E-state index contributed by atoms with van der Waals surface area (Å²) in [6.45, 7) is 11.5. The van der Waals surface area contributed by atoms with Crippen LogP contribution in [0.1, 0.15) is 43.9 Å². The molecule has 1 aromatic heterocycles. The van der Waals surface area contributed by atoms with E-state index >= 15 is 0 Å². The van der Waals surface area contributed by atoms with Gasteiger partial charge in [0.25, 0.3) is 0 Å². The van der Waals surface area contributed by atoms with Gasteiger partial charge in [0.2, 0.25) is 0 Å². The van der Waals surface area contributed by atoms with E-state index in [1.165, 1.54) is 16.2 Å². The molecule has 0 aromatic carbocycles. The Bertz CT molecular complexity index is 309. The van der Waals surface area contributed by atoms with Gasteiger partial charge in [0.15, 0.2) is 0 Å². The van der Waals surface area contributed by atoms with E-state index in [1.54, 1.807) is 0 Å². The first kappa shape index (κ1) is 14.7. The highest BCUT2D eigenvalue weighted by Crippen LogP contribution is 2.18. The van der Waals surface area contributed by atoms with E-state index < -0.39 is 0 Å². The first-order chi connectivity index (χ1) is 8.13. The van der Waals surface area contributed by atoms with Crippen LogP contribution in [0, 0.1) is 5.92 Å². The zero-order valence-corrected chi connectivity index (χ0v) is 12.3. The summed E-state index contributed by atoms with van der Waals surface area (Å²) in [5.41, 5.74) is 0. The molecule has 0 radical (unpaired) electrons. The Morgan fingerprint density at radius 1 is 1.24 bits per heavy atom. The summed E-state index contributed by atoms with van der Waals surface area (Å²) in [7, 11) is 0. The number of thiophene rings is 1. The second-order valence-corrected chi connectivity index (χ2v) is 6.06. The van der Waals surface area contributed by atoms with E-state index in [1.807, 2.05) is 11.3 Å². The molecule has 17 heavy (non-hydrogen) atoms. The topological polar surface area (TPSA) is 21.3 Å². The van der Waals surface area contributed by atoms with Crippen molar-refractivity contribution in [1.29, 1.82) is 0 Å². The monoisotopic (exact) mass is 255 g/mol. The van der Waals surface area contributed by atoms with Gasteiger partial charge in [0.1, 0.15) is 0 Å². The van der Waals surface area contributed by atoms with Gasteiger partial charge in [-0.3, -0.25) is 0 Å². The van der Waals surface area contributed by atoms with Crippen molar-refractivity contribution in [3.8, 4) is 0 Å². The summed E-state index contributed by atoms with van der Waals surface area (Å²) in [5, 5.41) is 3.42. The van der Waals surface area contributed by atoms with Crippen molar-refractivity contribution in [3.05, 3.63) is 21.9 Å². The number of hydrogen-bond acceptors (Lipinski definition) is 3. The Morgan fingerprint density at radius 2 is 1.94 bits per heavy atom. The lowest BCUT2D eigenvalue weighted by atomic mass is 10.1. The molecule has 0 fully saturated rings. The molecule has 1 N–H and O–H groups in total. The molecule has 0 spiro atoms. The standard InChI is InChI=1S/C14H25NOS/c1-5-8-15-9-13-6-7-14(17-13)10-16-12(4)11(2)3/h6-7,11-12,15H,5,8-10H2,1-4H3. The second-order valence-electron chi connectivity index (χ2n) is 4.80. The van der Waals surface area contributed by atoms with Gasteiger partial charge in [0, 0.05) is 16.3 Å². The highest BCUT2D eigenvalue weighted by molar-refractivity contribution is 7.11. The van der Waals surface area contributed by atoms with Gasteiger partial charge in [0.05, 0.1) is 12.7 Å². The molecule has 1 aromatic rings. The molecule has 0 saturated heterocycles. The normalized spacial score (nSPS) is 13.2. The van der Waals surface area contributed by atoms with Crippen molar-refractivity contribution >= 4 is 11.3 Å². The van der Waals surface area contributed by atoms with Crippen molar-refractivity contribution < 1.29 is 4.74 Å². The van der Waals surface area contributed by atoms with Crippen LogP contribution in [0.5, 0.6) is 0 Å². The summed E-state index contributed by atoms with van der Waals surface area (Å²) < 4.78 is 5.82. The van der Waals surface area contributed by atoms with Gasteiger partial charge >= 0.3 is 0 Å². The van der Waals surface area contributed by atoms with Crippen molar-refractivity contribution in [2.24, 2.45) is 5.92 Å². The van der Waals surface area contributed by atoms with Gasteiger partial charge in [-0.15, -0.1) is 11.3 Å². The van der Waals surface area contributed by atoms with Crippen LogP contribution in [-0.2, 0) is 17.9 Å². The third kappa shape index (κ3) is 5.66. The van der Waals surface area contributed by atoms with Gasteiger partial charge in [-0.05, 0) is 37.9 Å². The molecule has 3 heteroatoms. The summed E-state index contributed by atoms with van der Waals surface area (Å²) in [6.07, 6.45) is 1.52. The Hall–Kier alpha value is -0.380. The van der Waals surface area contributed by atoms with Crippen LogP contribution in [0.15, 0.2) is 12.1 Å². The first-order valence-corrected chi connectivity index (χ1v) is 7.35. The third-order valence-electron chi connectivity index (χ3n) is 2.87. The van der Waals surface area contributed by atoms with Gasteiger partial charge < -0.3 is 10.1 Å². The van der Waals surface area contributed by atoms with Crippen molar-refractivity contribution in [2.45, 2.75) is 53.4 Å². The van der Waals surface area contributed by atoms with Crippen LogP contribution >= 0.6 is 11.3 Å². The fourth-order valence-corrected chi connectivity index (χ4v) is 2.30. The van der Waals surface area contributed by atoms with Crippen molar-refractivity contribution in [2.75, 3.05) is 6.54 Å². The summed E-state index contributed by atoms with van der Waals surface area (Å²) in [6, 6.07) is 4.38. The van der Waals surface area contributed by atoms with E-state index in [9.17, 15) is 0 Å². The molecule has 1 rings (SSSR count). The predicted octanol–water partition coefficient (Wildman–Crippen LogP) is 3.81. The van der Waals surface area contributed by atoms with E-state index in [4.69, 9.17) is 4.74 Å². The Kier molecular flexibility index (Phi) is 6.78. The number of hydrogen-bond donors (Lipinski definition) is 1. The van der Waals surface area contributed by atoms with Crippen LogP contribution < -0.4 is 5.32 Å². The predicted molar refractivity (Wildman–Crippen MR) is 75.4 cm³/mol. The van der Waals surface area contributed by atoms with Crippen LogP contribution in [0.3, 0.4) is 0 Å². The average molecular weight is 255 g/mol. The maximum absolute atomic E-state index is 5.82. The number of rotatable bonds is 8. The molecule has 0 bridgehead atoms. The largest absolute Gasteiger partial charge is 0.373 e. The smallest absolute Gasteiger partial charge is 0.0813 e. The van der Waals surface area contributed by atoms with E-state index in [-0.39, 0.29) is 0 Å². The molecular formula is C14H25NOS. The quantitative estimate of drug-likeness (QED) is 0.713. The zero-order valence-electron chi connectivity index (χ0n) is 11.5. The Morgan fingerprint density at radius 3 is 2.59 bits per heavy atom. The maximum Gasteiger partial charge on any atom is 0.0813 e. The maximum atomic E-state index is 5.82. The molecule has 2 nitrogen and oxygen atoms in total. The highest BCUT2D eigenvalue weighted by Gasteiger charge is 2.08. The fourth-order valence-electron chi connectivity index (χ4n) is 1.39. The summed E-state index contributed by atoms with van der Waals surface area (Å²) in [4.78, 5) is 2.72. The van der Waals surface area contributed by atoms with Crippen molar-refractivity contribution in [3.63, 3.8) is 0 Å². The summed E-state index contributed by atoms with van der Waals surface area (Å²) in [5.74, 6) is 0.584. The second kappa shape index (κ2) is 7.85. The van der Waals surface area contributed by atoms with Gasteiger partial charge in [-0.1, -0.05) is 20.8 Å². The molecule has 1 atom stereocenters. The molecule has 0 amide bonds. The minimum atomic E-state index is 0.332. The van der Waals surface area contributed by atoms with E-state index in [0.717, 1.165) is 19.7 Å². The van der Waals surface area contributed by atoms with Crippen molar-refractivity contribution in [1.82, 2.24) is 5.32 Å². The molecular weight excluding hydrogens is 230 g/mol. The highest BCUT2D eigenvalue weighted by atomic mass is 32.1. The molecule has 0 aliphatic rings. The lowest BCUT2D eigenvalue weighted by molar-refractivity contribution is 0.0249. The molecule has 98 valence electrons. The van der Waals surface area contributed by atoms with Crippen LogP contribution in [0.4, 0.5) is 0 Å². The summed E-state index contributed by atoms with van der Waals surface area (Å²) >= 11 is 1.85. The van der Waals surface area contributed by atoms with E-state index in [0.29, 0.717) is 12.0 Å². The molecule has 0 aliphatic heterocycles. The number of ether oxygens (including phenoxy) is 1. The third-order valence-corrected chi connectivity index (χ3v) is 3.93. The number of nitrogens with one attached hydrogen (secondary N) is 1. The average Bonchev–Trinajstić information content (AvgIpc) is 2.74. The van der Waals surface area contributed by atoms with Gasteiger partial charge in [-0.2, -0.15) is 0 Å². The Labute approximate surface area is 109 Å². The molecule has 1 unspecified atom stereocenters. The lowest BCUT2D eigenvalue weighted by Gasteiger charge is -2.15. The minimum Gasteiger partial charge on any atom is -0.373 e. The van der Waals surface area contributed by atoms with Crippen LogP contribution in [0.2, 0.25) is 0 Å². The van der Waals surface area contributed by atoms with E-state index in [2.05, 4.69) is 45.1 Å². The molecule has 1 heterocycles. The van der Waals surface area contributed by atoms with Crippen LogP contribution in [-0.4, -0.2) is 12.6 Å². The van der Waals surface area contributed by atoms with Gasteiger partial charge in [-0.25, -0.2) is 0 Å². The molecule has 0 aliphatic carbocycles. The first-order valence-electron chi connectivity index (χ1n) is 6.53. The SMILES string of the molecule is CCCNCc1ccc(COC(C)C(C)C)s1. The zero-order chi connectivity index (χ0) is 12.7. The minimum absolute atomic E-state index is 0.332. The molecule has 0 saturated carbocycles. The lowest BCUT2D eigenvalue weighted by Crippen LogP contribution is -2.14. The Balaban J connectivity index is 2.30. The van der Waals surface area contributed by atoms with Crippen LogP contribution in [0.25, 0.3) is 0 Å².